The number of amides is 1. The molecule has 0 saturated heterocycles. The summed E-state index contributed by atoms with van der Waals surface area (Å²) in [5.74, 6) is -0.0831. The van der Waals surface area contributed by atoms with Gasteiger partial charge in [0.15, 0.2) is 0 Å². The fraction of sp³-hybridized carbons (Fsp3) is 0.0909. The second-order valence-corrected chi connectivity index (χ2v) is 6.39. The lowest BCUT2D eigenvalue weighted by atomic mass is 10.1. The van der Waals surface area contributed by atoms with Crippen LogP contribution in [0.25, 0.3) is 11.4 Å². The zero-order valence-corrected chi connectivity index (χ0v) is 15.0. The number of hydrogen-bond acceptors (Lipinski definition) is 2. The summed E-state index contributed by atoms with van der Waals surface area (Å²) in [6.07, 6.45) is 9.36. The second-order valence-electron chi connectivity index (χ2n) is 6.39. The molecule has 0 unspecified atom stereocenters. The van der Waals surface area contributed by atoms with Crippen molar-refractivity contribution in [2.24, 2.45) is 0 Å². The number of carbonyl (C=O) groups excluding carboxylic acids is 1. The summed E-state index contributed by atoms with van der Waals surface area (Å²) >= 11 is 0. The fourth-order valence-corrected chi connectivity index (χ4v) is 3.00. The van der Waals surface area contributed by atoms with Crippen LogP contribution in [0.1, 0.15) is 28.9 Å². The average Bonchev–Trinajstić information content (AvgIpc) is 3.42. The van der Waals surface area contributed by atoms with E-state index in [4.69, 9.17) is 0 Å². The Kier molecular flexibility index (Phi) is 4.58. The van der Waals surface area contributed by atoms with Gasteiger partial charge in [0, 0.05) is 41.7 Å². The van der Waals surface area contributed by atoms with E-state index in [1.807, 2.05) is 95.3 Å². The third-order valence-electron chi connectivity index (χ3n) is 4.58. The second kappa shape index (κ2) is 7.33. The summed E-state index contributed by atoms with van der Waals surface area (Å²) in [4.78, 5) is 16.6. The van der Waals surface area contributed by atoms with E-state index < -0.39 is 0 Å². The monoisotopic (exact) mass is 356 g/mol. The molecule has 0 aliphatic carbocycles. The van der Waals surface area contributed by atoms with Gasteiger partial charge in [-0.15, -0.1) is 0 Å². The van der Waals surface area contributed by atoms with E-state index in [-0.39, 0.29) is 11.9 Å². The smallest absolute Gasteiger partial charge is 0.251 e. The highest BCUT2D eigenvalue weighted by atomic mass is 16.1. The Balaban J connectivity index is 1.43. The van der Waals surface area contributed by atoms with Crippen LogP contribution >= 0.6 is 0 Å². The molecular formula is C22H20N4O. The van der Waals surface area contributed by atoms with Gasteiger partial charge in [-0.05, 0) is 61.0 Å². The standard InChI is InChI=1S/C22H20N4O/c1-17(18-4-8-21(9-5-18)26-15-12-23-16-26)24-22(27)19-6-10-20(11-7-19)25-13-2-3-14-25/h2-17H,1H3,(H,24,27)/t17-/m1/s1. The van der Waals surface area contributed by atoms with Crippen molar-refractivity contribution in [3.8, 4) is 11.4 Å². The molecule has 2 aromatic carbocycles. The Morgan fingerprint density at radius 1 is 0.889 bits per heavy atom. The van der Waals surface area contributed by atoms with Gasteiger partial charge in [-0.25, -0.2) is 4.98 Å². The Morgan fingerprint density at radius 3 is 2.15 bits per heavy atom. The Hall–Kier alpha value is -3.60. The average molecular weight is 356 g/mol. The molecule has 0 aliphatic rings. The van der Waals surface area contributed by atoms with E-state index in [9.17, 15) is 4.79 Å². The number of hydrogen-bond donors (Lipinski definition) is 1. The van der Waals surface area contributed by atoms with Crippen LogP contribution in [-0.2, 0) is 0 Å². The van der Waals surface area contributed by atoms with Gasteiger partial charge < -0.3 is 14.5 Å². The highest BCUT2D eigenvalue weighted by Crippen LogP contribution is 2.17. The number of carbonyl (C=O) groups is 1. The molecule has 0 aliphatic heterocycles. The van der Waals surface area contributed by atoms with Crippen LogP contribution in [0.2, 0.25) is 0 Å². The van der Waals surface area contributed by atoms with E-state index in [1.165, 1.54) is 0 Å². The largest absolute Gasteiger partial charge is 0.346 e. The Labute approximate surface area is 157 Å². The molecule has 5 nitrogen and oxygen atoms in total. The van der Waals surface area contributed by atoms with E-state index in [0.29, 0.717) is 5.56 Å². The molecular weight excluding hydrogens is 336 g/mol. The molecule has 0 radical (unpaired) electrons. The van der Waals surface area contributed by atoms with Crippen LogP contribution in [0.5, 0.6) is 0 Å². The first-order chi connectivity index (χ1) is 13.2. The summed E-state index contributed by atoms with van der Waals surface area (Å²) < 4.78 is 3.95. The van der Waals surface area contributed by atoms with E-state index >= 15 is 0 Å². The summed E-state index contributed by atoms with van der Waals surface area (Å²) in [5, 5.41) is 3.06. The number of nitrogens with zero attached hydrogens (tertiary/aromatic N) is 3. The molecule has 0 spiro atoms. The molecule has 2 aromatic heterocycles. The van der Waals surface area contributed by atoms with Crippen molar-refractivity contribution in [3.63, 3.8) is 0 Å². The maximum atomic E-state index is 12.5. The molecule has 0 saturated carbocycles. The van der Waals surface area contributed by atoms with Crippen molar-refractivity contribution in [1.82, 2.24) is 19.4 Å². The van der Waals surface area contributed by atoms with Gasteiger partial charge in [0.05, 0.1) is 12.4 Å². The molecule has 4 aromatic rings. The lowest BCUT2D eigenvalue weighted by Gasteiger charge is -2.15. The van der Waals surface area contributed by atoms with Crippen LogP contribution in [0.3, 0.4) is 0 Å². The van der Waals surface area contributed by atoms with Gasteiger partial charge in [0.1, 0.15) is 0 Å². The third-order valence-corrected chi connectivity index (χ3v) is 4.58. The molecule has 5 heteroatoms. The molecule has 1 amide bonds. The summed E-state index contributed by atoms with van der Waals surface area (Å²) in [6, 6.07) is 19.5. The van der Waals surface area contributed by atoms with Gasteiger partial charge >= 0.3 is 0 Å². The van der Waals surface area contributed by atoms with Crippen LogP contribution in [0.4, 0.5) is 0 Å². The lowest BCUT2D eigenvalue weighted by molar-refractivity contribution is 0.0940. The van der Waals surface area contributed by atoms with Crippen molar-refractivity contribution < 1.29 is 4.79 Å². The zero-order chi connectivity index (χ0) is 18.6. The third kappa shape index (κ3) is 3.67. The molecule has 4 rings (SSSR count). The summed E-state index contributed by atoms with van der Waals surface area (Å²) in [5.41, 5.74) is 3.76. The Morgan fingerprint density at radius 2 is 1.52 bits per heavy atom. The highest BCUT2D eigenvalue weighted by Gasteiger charge is 2.12. The van der Waals surface area contributed by atoms with E-state index in [1.54, 1.807) is 12.5 Å². The fourth-order valence-electron chi connectivity index (χ4n) is 3.00. The van der Waals surface area contributed by atoms with Crippen molar-refractivity contribution in [2.75, 3.05) is 0 Å². The van der Waals surface area contributed by atoms with Crippen LogP contribution < -0.4 is 5.32 Å². The lowest BCUT2D eigenvalue weighted by Crippen LogP contribution is -2.26. The minimum atomic E-state index is -0.0848. The Bertz CT molecular complexity index is 1000. The first kappa shape index (κ1) is 16.8. The van der Waals surface area contributed by atoms with Crippen molar-refractivity contribution >= 4 is 5.91 Å². The van der Waals surface area contributed by atoms with Crippen LogP contribution in [0, 0.1) is 0 Å². The maximum absolute atomic E-state index is 12.5. The minimum Gasteiger partial charge on any atom is -0.346 e. The predicted octanol–water partition coefficient (Wildman–Crippen LogP) is 4.15. The normalized spacial score (nSPS) is 11.9. The molecule has 1 atom stereocenters. The number of nitrogens with one attached hydrogen (secondary N) is 1. The van der Waals surface area contributed by atoms with Crippen molar-refractivity contribution in [3.05, 3.63) is 103 Å². The van der Waals surface area contributed by atoms with Gasteiger partial charge in [0.2, 0.25) is 0 Å². The first-order valence-corrected chi connectivity index (χ1v) is 8.83. The van der Waals surface area contributed by atoms with Gasteiger partial charge in [0.25, 0.3) is 5.91 Å². The topological polar surface area (TPSA) is 51.9 Å². The van der Waals surface area contributed by atoms with Crippen molar-refractivity contribution in [2.45, 2.75) is 13.0 Å². The summed E-state index contributed by atoms with van der Waals surface area (Å²) in [6.45, 7) is 1.98. The van der Waals surface area contributed by atoms with Gasteiger partial charge in [-0.2, -0.15) is 0 Å². The zero-order valence-electron chi connectivity index (χ0n) is 15.0. The maximum Gasteiger partial charge on any atom is 0.251 e. The molecule has 0 bridgehead atoms. The molecule has 134 valence electrons. The van der Waals surface area contributed by atoms with Crippen LogP contribution in [-0.4, -0.2) is 20.0 Å². The van der Waals surface area contributed by atoms with Crippen LogP contribution in [0.15, 0.2) is 91.8 Å². The SMILES string of the molecule is C[C@@H](NC(=O)c1ccc(-n2cccc2)cc1)c1ccc(-n2ccnc2)cc1. The van der Waals surface area contributed by atoms with Gasteiger partial charge in [-0.3, -0.25) is 4.79 Å². The molecule has 27 heavy (non-hydrogen) atoms. The molecule has 0 fully saturated rings. The summed E-state index contributed by atoms with van der Waals surface area (Å²) in [7, 11) is 0. The minimum absolute atomic E-state index is 0.0831. The highest BCUT2D eigenvalue weighted by molar-refractivity contribution is 5.94. The van der Waals surface area contributed by atoms with Crippen molar-refractivity contribution in [1.29, 1.82) is 0 Å². The number of imidazole rings is 1. The predicted molar refractivity (Wildman–Crippen MR) is 105 cm³/mol. The number of aromatic nitrogens is 3. The molecule has 2 heterocycles. The number of benzene rings is 2. The van der Waals surface area contributed by atoms with E-state index in [2.05, 4.69) is 10.3 Å². The van der Waals surface area contributed by atoms with Gasteiger partial charge in [-0.1, -0.05) is 12.1 Å². The quantitative estimate of drug-likeness (QED) is 0.584. The van der Waals surface area contributed by atoms with E-state index in [0.717, 1.165) is 16.9 Å². The number of rotatable bonds is 5. The first-order valence-electron chi connectivity index (χ1n) is 8.83. The molecule has 1 N–H and O–H groups in total.